The van der Waals surface area contributed by atoms with Crippen LogP contribution in [0, 0.1) is 12.7 Å². The second kappa shape index (κ2) is 8.71. The summed E-state index contributed by atoms with van der Waals surface area (Å²) in [6.45, 7) is 2.01. The Morgan fingerprint density at radius 2 is 1.81 bits per heavy atom. The van der Waals surface area contributed by atoms with E-state index in [4.69, 9.17) is 9.15 Å². The van der Waals surface area contributed by atoms with Gasteiger partial charge in [0.15, 0.2) is 6.61 Å². The van der Waals surface area contributed by atoms with E-state index in [2.05, 4.69) is 0 Å². The largest absolute Gasteiger partial charge is 0.484 e. The summed E-state index contributed by atoms with van der Waals surface area (Å²) in [5.41, 5.74) is 0.681. The molecule has 3 aromatic rings. The van der Waals surface area contributed by atoms with Crippen molar-refractivity contribution in [3.05, 3.63) is 70.3 Å². The van der Waals surface area contributed by atoms with Gasteiger partial charge in [0.05, 0.1) is 0 Å². The molecule has 8 nitrogen and oxygen atoms in total. The molecule has 32 heavy (non-hydrogen) atoms. The summed E-state index contributed by atoms with van der Waals surface area (Å²) in [6, 6.07) is 11.6. The molecule has 0 N–H and O–H groups in total. The Balaban J connectivity index is 1.36. The second-order valence-corrected chi connectivity index (χ2v) is 9.32. The number of aryl methyl sites for hydroxylation is 1. The zero-order chi connectivity index (χ0) is 22.9. The summed E-state index contributed by atoms with van der Waals surface area (Å²) in [5, 5.41) is 0.774. The average molecular weight is 460 g/mol. The Kier molecular flexibility index (Phi) is 5.98. The van der Waals surface area contributed by atoms with Gasteiger partial charge in [-0.25, -0.2) is 17.6 Å². The smallest absolute Gasteiger partial charge is 0.336 e. The molecule has 2 aromatic carbocycles. The monoisotopic (exact) mass is 460 g/mol. The number of fused-ring (bicyclic) bond motifs is 1. The summed E-state index contributed by atoms with van der Waals surface area (Å²) < 4.78 is 51.2. The molecule has 168 valence electrons. The zero-order valence-electron chi connectivity index (χ0n) is 17.3. The van der Waals surface area contributed by atoms with Crippen LogP contribution in [0.2, 0.25) is 0 Å². The molecule has 0 aliphatic carbocycles. The molecule has 0 radical (unpaired) electrons. The van der Waals surface area contributed by atoms with Crippen molar-refractivity contribution in [2.45, 2.75) is 11.8 Å². The number of hydrogen-bond donors (Lipinski definition) is 0. The molecule has 0 unspecified atom stereocenters. The van der Waals surface area contributed by atoms with Crippen LogP contribution < -0.4 is 10.4 Å². The highest BCUT2D eigenvalue weighted by atomic mass is 32.2. The van der Waals surface area contributed by atoms with Gasteiger partial charge in [0.2, 0.25) is 10.0 Å². The second-order valence-electron chi connectivity index (χ2n) is 7.41. The quantitative estimate of drug-likeness (QED) is 0.542. The van der Waals surface area contributed by atoms with Crippen molar-refractivity contribution >= 4 is 26.9 Å². The van der Waals surface area contributed by atoms with Gasteiger partial charge in [-0.2, -0.15) is 4.31 Å². The number of benzene rings is 2. The third-order valence-electron chi connectivity index (χ3n) is 5.33. The topological polar surface area (TPSA) is 97.1 Å². The van der Waals surface area contributed by atoms with E-state index in [0.29, 0.717) is 11.3 Å². The molecule has 1 aliphatic rings. The lowest BCUT2D eigenvalue weighted by atomic mass is 10.1. The van der Waals surface area contributed by atoms with E-state index in [-0.39, 0.29) is 43.6 Å². The molecule has 1 fully saturated rings. The SMILES string of the molecule is Cc1cc(=O)oc2cc(OCC(=O)N3CCN(S(=O)(=O)c4ccccc4F)CC3)ccc12. The molecule has 1 aromatic heterocycles. The predicted molar refractivity (Wildman–Crippen MR) is 114 cm³/mol. The van der Waals surface area contributed by atoms with Crippen LogP contribution in [0.3, 0.4) is 0 Å². The van der Waals surface area contributed by atoms with Gasteiger partial charge in [0, 0.05) is 43.7 Å². The van der Waals surface area contributed by atoms with E-state index in [0.717, 1.165) is 17.0 Å². The molecule has 4 rings (SSSR count). The van der Waals surface area contributed by atoms with Crippen LogP contribution >= 0.6 is 0 Å². The number of carbonyl (C=O) groups is 1. The molecule has 10 heteroatoms. The van der Waals surface area contributed by atoms with Crippen molar-refractivity contribution in [1.82, 2.24) is 9.21 Å². The lowest BCUT2D eigenvalue weighted by Gasteiger charge is -2.34. The van der Waals surface area contributed by atoms with Crippen LogP contribution in [0.25, 0.3) is 11.0 Å². The first-order valence-electron chi connectivity index (χ1n) is 9.95. The van der Waals surface area contributed by atoms with Crippen molar-refractivity contribution in [3.8, 4) is 5.75 Å². The van der Waals surface area contributed by atoms with Gasteiger partial charge in [-0.05, 0) is 36.8 Å². The summed E-state index contributed by atoms with van der Waals surface area (Å²) in [4.78, 5) is 25.2. The Morgan fingerprint density at radius 1 is 1.09 bits per heavy atom. The van der Waals surface area contributed by atoms with Crippen LogP contribution in [0.4, 0.5) is 4.39 Å². The van der Waals surface area contributed by atoms with Gasteiger partial charge in [-0.15, -0.1) is 0 Å². The van der Waals surface area contributed by atoms with E-state index in [1.807, 2.05) is 0 Å². The number of carbonyl (C=O) groups excluding carboxylic acids is 1. The van der Waals surface area contributed by atoms with E-state index in [1.165, 1.54) is 33.5 Å². The van der Waals surface area contributed by atoms with Crippen molar-refractivity contribution in [2.24, 2.45) is 0 Å². The summed E-state index contributed by atoms with van der Waals surface area (Å²) in [6.07, 6.45) is 0. The van der Waals surface area contributed by atoms with E-state index < -0.39 is 21.5 Å². The maximum absolute atomic E-state index is 13.9. The van der Waals surface area contributed by atoms with Crippen molar-refractivity contribution in [2.75, 3.05) is 32.8 Å². The van der Waals surface area contributed by atoms with Gasteiger partial charge >= 0.3 is 5.63 Å². The summed E-state index contributed by atoms with van der Waals surface area (Å²) in [5.74, 6) is -0.736. The number of rotatable bonds is 5. The molecule has 2 heterocycles. The molecular weight excluding hydrogens is 439 g/mol. The average Bonchev–Trinajstić information content (AvgIpc) is 2.77. The fourth-order valence-corrected chi connectivity index (χ4v) is 5.09. The van der Waals surface area contributed by atoms with Gasteiger partial charge in [0.25, 0.3) is 5.91 Å². The van der Waals surface area contributed by atoms with Crippen molar-refractivity contribution in [1.29, 1.82) is 0 Å². The van der Waals surface area contributed by atoms with Crippen LogP contribution in [0.5, 0.6) is 5.75 Å². The lowest BCUT2D eigenvalue weighted by molar-refractivity contribution is -0.134. The van der Waals surface area contributed by atoms with Gasteiger partial charge in [0.1, 0.15) is 22.0 Å². The molecule has 0 spiro atoms. The lowest BCUT2D eigenvalue weighted by Crippen LogP contribution is -2.51. The van der Waals surface area contributed by atoms with Crippen LogP contribution in [0.15, 0.2) is 62.6 Å². The highest BCUT2D eigenvalue weighted by Gasteiger charge is 2.31. The first-order valence-corrected chi connectivity index (χ1v) is 11.4. The molecule has 0 saturated carbocycles. The maximum Gasteiger partial charge on any atom is 0.336 e. The minimum atomic E-state index is -3.97. The van der Waals surface area contributed by atoms with Gasteiger partial charge in [-0.1, -0.05) is 12.1 Å². The van der Waals surface area contributed by atoms with Gasteiger partial charge < -0.3 is 14.1 Å². The number of hydrogen-bond acceptors (Lipinski definition) is 6. The fraction of sp³-hybridized carbons (Fsp3) is 0.273. The van der Waals surface area contributed by atoms with Gasteiger partial charge in [-0.3, -0.25) is 4.79 Å². The number of sulfonamides is 1. The first-order chi connectivity index (χ1) is 15.3. The Labute approximate surface area is 183 Å². The van der Waals surface area contributed by atoms with E-state index in [1.54, 1.807) is 25.1 Å². The standard InChI is InChI=1S/C22H21FN2O6S/c1-15-12-22(27)31-19-13-16(6-7-17(15)19)30-14-21(26)24-8-10-25(11-9-24)32(28,29)20-5-3-2-4-18(20)23/h2-7,12-13H,8-11,14H2,1H3. The minimum Gasteiger partial charge on any atom is -0.484 e. The minimum absolute atomic E-state index is 0.0583. The highest BCUT2D eigenvalue weighted by molar-refractivity contribution is 7.89. The molecule has 0 atom stereocenters. The Morgan fingerprint density at radius 3 is 2.53 bits per heavy atom. The number of nitrogens with zero attached hydrogens (tertiary/aromatic N) is 2. The molecule has 0 bridgehead atoms. The Bertz CT molecular complexity index is 1330. The van der Waals surface area contributed by atoms with Crippen LogP contribution in [0.1, 0.15) is 5.56 Å². The molecule has 1 aliphatic heterocycles. The van der Waals surface area contributed by atoms with Crippen molar-refractivity contribution < 1.29 is 26.8 Å². The normalized spacial score (nSPS) is 15.1. The van der Waals surface area contributed by atoms with E-state index >= 15 is 0 Å². The van der Waals surface area contributed by atoms with E-state index in [9.17, 15) is 22.4 Å². The maximum atomic E-state index is 13.9. The molecule has 1 amide bonds. The third kappa shape index (κ3) is 4.37. The summed E-state index contributed by atoms with van der Waals surface area (Å²) >= 11 is 0. The fourth-order valence-electron chi connectivity index (χ4n) is 3.60. The first kappa shape index (κ1) is 22.0. The number of piperazine rings is 1. The Hall–Kier alpha value is -3.24. The zero-order valence-corrected chi connectivity index (χ0v) is 18.1. The molecule has 1 saturated heterocycles. The predicted octanol–water partition coefficient (Wildman–Crippen LogP) is 2.15. The van der Waals surface area contributed by atoms with Crippen LogP contribution in [-0.2, 0) is 14.8 Å². The highest BCUT2D eigenvalue weighted by Crippen LogP contribution is 2.23. The number of amides is 1. The third-order valence-corrected chi connectivity index (χ3v) is 7.26. The number of ether oxygens (including phenoxy) is 1. The summed E-state index contributed by atoms with van der Waals surface area (Å²) in [7, 11) is -3.97. The molecular formula is C22H21FN2O6S. The van der Waals surface area contributed by atoms with Crippen molar-refractivity contribution in [3.63, 3.8) is 0 Å². The van der Waals surface area contributed by atoms with Crippen LogP contribution in [-0.4, -0.2) is 56.3 Å². The number of halogens is 1.